The molecule has 0 radical (unpaired) electrons. The van der Waals surface area contributed by atoms with Crippen molar-refractivity contribution in [2.75, 3.05) is 18.2 Å². The van der Waals surface area contributed by atoms with E-state index in [1.807, 2.05) is 0 Å². The van der Waals surface area contributed by atoms with E-state index in [-0.39, 0.29) is 49.9 Å². The normalized spacial score (nSPS) is 11.0. The number of carbonyl (C=O) groups excluding carboxylic acids is 1. The maximum absolute atomic E-state index is 12.8. The molecule has 3 aromatic rings. The van der Waals surface area contributed by atoms with E-state index in [0.29, 0.717) is 0 Å². The first-order valence-electron chi connectivity index (χ1n) is 9.59. The standard InChI is InChI=1S/C22H19ClN2O7S/c1-3-33(29,30)21-7-5-4-6-16(21)24-22(26)14-8-10-19(20(12-14)31-2)32-18-11-9-15(23)13-17(18)25(27)28/h4-13H,3H2,1-2H3,(H,24,26). The number of halogens is 1. The highest BCUT2D eigenvalue weighted by molar-refractivity contribution is 7.91. The van der Waals surface area contributed by atoms with Gasteiger partial charge in [-0.1, -0.05) is 30.7 Å². The lowest BCUT2D eigenvalue weighted by Crippen LogP contribution is -2.15. The highest BCUT2D eigenvalue weighted by atomic mass is 35.5. The van der Waals surface area contributed by atoms with Crippen LogP contribution in [-0.4, -0.2) is 32.1 Å². The van der Waals surface area contributed by atoms with Crippen LogP contribution < -0.4 is 14.8 Å². The summed E-state index contributed by atoms with van der Waals surface area (Å²) in [6.07, 6.45) is 0. The topological polar surface area (TPSA) is 125 Å². The Kier molecular flexibility index (Phi) is 7.19. The number of nitrogens with one attached hydrogen (secondary N) is 1. The molecule has 0 unspecified atom stereocenters. The summed E-state index contributed by atoms with van der Waals surface area (Å²) in [4.78, 5) is 23.5. The monoisotopic (exact) mass is 490 g/mol. The second-order valence-corrected chi connectivity index (χ2v) is 9.37. The number of benzene rings is 3. The van der Waals surface area contributed by atoms with Gasteiger partial charge in [0.2, 0.25) is 5.75 Å². The van der Waals surface area contributed by atoms with Crippen molar-refractivity contribution in [3.63, 3.8) is 0 Å². The Morgan fingerprint density at radius 2 is 1.76 bits per heavy atom. The number of nitrogens with zero attached hydrogens (tertiary/aromatic N) is 1. The van der Waals surface area contributed by atoms with Crippen LogP contribution in [0.4, 0.5) is 11.4 Å². The van der Waals surface area contributed by atoms with Crippen LogP contribution in [0.25, 0.3) is 0 Å². The van der Waals surface area contributed by atoms with Gasteiger partial charge in [-0.3, -0.25) is 14.9 Å². The molecule has 1 amide bonds. The third-order valence-corrected chi connectivity index (χ3v) is 6.64. The number of amides is 1. The Morgan fingerprint density at radius 3 is 2.42 bits per heavy atom. The summed E-state index contributed by atoms with van der Waals surface area (Å²) in [5.74, 6) is -0.471. The Balaban J connectivity index is 1.90. The first-order valence-corrected chi connectivity index (χ1v) is 11.6. The highest BCUT2D eigenvalue weighted by Gasteiger charge is 2.21. The van der Waals surface area contributed by atoms with Crippen molar-refractivity contribution < 1.29 is 27.6 Å². The Hall–Kier alpha value is -3.63. The van der Waals surface area contributed by atoms with E-state index < -0.39 is 20.7 Å². The van der Waals surface area contributed by atoms with E-state index in [2.05, 4.69) is 5.32 Å². The number of carbonyl (C=O) groups is 1. The molecule has 1 N–H and O–H groups in total. The summed E-state index contributed by atoms with van der Waals surface area (Å²) in [5.41, 5.74) is -0.0194. The molecule has 0 fully saturated rings. The molecule has 3 aromatic carbocycles. The predicted molar refractivity (Wildman–Crippen MR) is 123 cm³/mol. The molecule has 9 nitrogen and oxygen atoms in total. The molecule has 0 aliphatic heterocycles. The summed E-state index contributed by atoms with van der Waals surface area (Å²) >= 11 is 5.83. The van der Waals surface area contributed by atoms with Crippen LogP contribution in [0.2, 0.25) is 5.02 Å². The van der Waals surface area contributed by atoms with Crippen molar-refractivity contribution in [2.45, 2.75) is 11.8 Å². The maximum atomic E-state index is 12.8. The molecule has 0 aliphatic rings. The van der Waals surface area contributed by atoms with Crippen molar-refractivity contribution >= 4 is 38.7 Å². The minimum Gasteiger partial charge on any atom is -0.493 e. The predicted octanol–water partition coefficient (Wildman–Crippen LogP) is 5.10. The fourth-order valence-electron chi connectivity index (χ4n) is 2.92. The highest BCUT2D eigenvalue weighted by Crippen LogP contribution is 2.38. The molecule has 172 valence electrons. The molecule has 0 aliphatic carbocycles. The number of para-hydroxylation sites is 1. The van der Waals surface area contributed by atoms with Crippen molar-refractivity contribution in [3.05, 3.63) is 81.4 Å². The van der Waals surface area contributed by atoms with E-state index in [1.165, 1.54) is 56.5 Å². The van der Waals surface area contributed by atoms with Crippen LogP contribution >= 0.6 is 11.6 Å². The molecular weight excluding hydrogens is 472 g/mol. The fraction of sp³-hybridized carbons (Fsp3) is 0.136. The van der Waals surface area contributed by atoms with Crippen LogP contribution in [0.5, 0.6) is 17.2 Å². The summed E-state index contributed by atoms with van der Waals surface area (Å²) in [6, 6.07) is 14.3. The van der Waals surface area contributed by atoms with Gasteiger partial charge < -0.3 is 14.8 Å². The molecule has 0 atom stereocenters. The molecule has 0 heterocycles. The lowest BCUT2D eigenvalue weighted by atomic mass is 10.1. The number of sulfone groups is 1. The summed E-state index contributed by atoms with van der Waals surface area (Å²) in [7, 11) is -2.20. The molecular formula is C22H19ClN2O7S. The summed E-state index contributed by atoms with van der Waals surface area (Å²) in [5, 5.41) is 14.1. The summed E-state index contributed by atoms with van der Waals surface area (Å²) in [6.45, 7) is 1.52. The van der Waals surface area contributed by atoms with Gasteiger partial charge in [0, 0.05) is 16.7 Å². The number of nitro benzene ring substituents is 1. The van der Waals surface area contributed by atoms with Crippen LogP contribution in [0.1, 0.15) is 17.3 Å². The van der Waals surface area contributed by atoms with Gasteiger partial charge in [-0.15, -0.1) is 0 Å². The number of rotatable bonds is 8. The zero-order valence-electron chi connectivity index (χ0n) is 17.6. The number of nitro groups is 1. The quantitative estimate of drug-likeness (QED) is 0.344. The number of methoxy groups -OCH3 is 1. The number of anilines is 1. The second kappa shape index (κ2) is 9.88. The van der Waals surface area contributed by atoms with Crippen LogP contribution in [-0.2, 0) is 9.84 Å². The molecule has 0 saturated carbocycles. The van der Waals surface area contributed by atoms with Gasteiger partial charge in [0.15, 0.2) is 21.3 Å². The van der Waals surface area contributed by atoms with Gasteiger partial charge >= 0.3 is 5.69 Å². The third kappa shape index (κ3) is 5.41. The second-order valence-electron chi connectivity index (χ2n) is 6.69. The van der Waals surface area contributed by atoms with Crippen molar-refractivity contribution in [2.24, 2.45) is 0 Å². The first-order chi connectivity index (χ1) is 15.7. The van der Waals surface area contributed by atoms with Gasteiger partial charge in [-0.05, 0) is 42.5 Å². The van der Waals surface area contributed by atoms with E-state index in [4.69, 9.17) is 21.1 Å². The Morgan fingerprint density at radius 1 is 1.06 bits per heavy atom. The SMILES string of the molecule is CCS(=O)(=O)c1ccccc1NC(=O)c1ccc(Oc2ccc(Cl)cc2[N+](=O)[O-])c(OC)c1. The minimum atomic E-state index is -3.55. The van der Waals surface area contributed by atoms with Crippen LogP contribution in [0.15, 0.2) is 65.6 Å². The number of hydrogen-bond donors (Lipinski definition) is 1. The van der Waals surface area contributed by atoms with E-state index >= 15 is 0 Å². The van der Waals surface area contributed by atoms with E-state index in [0.717, 1.165) is 6.07 Å². The van der Waals surface area contributed by atoms with Gasteiger partial charge in [-0.25, -0.2) is 8.42 Å². The fourth-order valence-corrected chi connectivity index (χ4v) is 4.14. The van der Waals surface area contributed by atoms with E-state index in [1.54, 1.807) is 12.1 Å². The van der Waals surface area contributed by atoms with Gasteiger partial charge in [0.1, 0.15) is 0 Å². The molecule has 0 bridgehead atoms. The number of hydrogen-bond acceptors (Lipinski definition) is 7. The van der Waals surface area contributed by atoms with Crippen LogP contribution in [0, 0.1) is 10.1 Å². The molecule has 3 rings (SSSR count). The molecule has 33 heavy (non-hydrogen) atoms. The zero-order valence-corrected chi connectivity index (χ0v) is 19.1. The van der Waals surface area contributed by atoms with Crippen LogP contribution in [0.3, 0.4) is 0 Å². The average molecular weight is 491 g/mol. The van der Waals surface area contributed by atoms with Gasteiger partial charge in [-0.2, -0.15) is 0 Å². The van der Waals surface area contributed by atoms with Crippen molar-refractivity contribution in [1.82, 2.24) is 0 Å². The average Bonchev–Trinajstić information content (AvgIpc) is 2.80. The van der Waals surface area contributed by atoms with E-state index in [9.17, 15) is 23.3 Å². The lowest BCUT2D eigenvalue weighted by Gasteiger charge is -2.13. The van der Waals surface area contributed by atoms with Gasteiger partial charge in [0.25, 0.3) is 5.91 Å². The first kappa shape index (κ1) is 24.0. The molecule has 11 heteroatoms. The summed E-state index contributed by atoms with van der Waals surface area (Å²) < 4.78 is 35.5. The smallest absolute Gasteiger partial charge is 0.313 e. The number of ether oxygens (including phenoxy) is 2. The molecule has 0 saturated heterocycles. The van der Waals surface area contributed by atoms with Crippen molar-refractivity contribution in [1.29, 1.82) is 0 Å². The minimum absolute atomic E-state index is 0.0165. The molecule has 0 aromatic heterocycles. The van der Waals surface area contributed by atoms with Gasteiger partial charge in [0.05, 0.1) is 28.4 Å². The third-order valence-electron chi connectivity index (χ3n) is 4.61. The maximum Gasteiger partial charge on any atom is 0.313 e. The zero-order chi connectivity index (χ0) is 24.2. The van der Waals surface area contributed by atoms with Crippen molar-refractivity contribution in [3.8, 4) is 17.2 Å². The molecule has 0 spiro atoms. The Labute approximate surface area is 195 Å². The lowest BCUT2D eigenvalue weighted by molar-refractivity contribution is -0.385. The largest absolute Gasteiger partial charge is 0.493 e. The Bertz CT molecular complexity index is 1330.